The molecule has 0 spiro atoms. The topological polar surface area (TPSA) is 103 Å². The number of rotatable bonds is 13. The van der Waals surface area contributed by atoms with E-state index in [1.54, 1.807) is 32.4 Å². The fourth-order valence-corrected chi connectivity index (χ4v) is 4.89. The van der Waals surface area contributed by atoms with E-state index in [0.717, 1.165) is 24.8 Å². The highest BCUT2D eigenvalue weighted by molar-refractivity contribution is 7.89. The minimum atomic E-state index is -3.68. The number of carbonyl (C=O) groups is 1. The zero-order valence-electron chi connectivity index (χ0n) is 20.3. The standard InChI is InChI=1S/C26H34N2O6S/c1-32-24-13-8-21(18-25(24)33-2)15-17-28-35(30,31)23-11-9-22(10-12-23)34-19-26(29)27-16-14-20-6-4-3-5-7-20/h6,8-13,18,28H,3-5,7,14-17,19H2,1-2H3,(H,27,29). The maximum Gasteiger partial charge on any atom is 0.257 e. The number of benzene rings is 2. The number of ether oxygens (including phenoxy) is 3. The molecule has 0 atom stereocenters. The Morgan fingerprint density at radius 3 is 2.40 bits per heavy atom. The number of sulfonamides is 1. The maximum absolute atomic E-state index is 12.6. The minimum absolute atomic E-state index is 0.116. The Balaban J connectivity index is 1.42. The van der Waals surface area contributed by atoms with Crippen LogP contribution in [0.4, 0.5) is 0 Å². The van der Waals surface area contributed by atoms with Gasteiger partial charge in [-0.2, -0.15) is 0 Å². The summed E-state index contributed by atoms with van der Waals surface area (Å²) in [7, 11) is -0.557. The molecule has 0 unspecified atom stereocenters. The summed E-state index contributed by atoms with van der Waals surface area (Å²) >= 11 is 0. The molecule has 0 aliphatic heterocycles. The molecule has 9 heteroatoms. The number of nitrogens with one attached hydrogen (secondary N) is 2. The molecule has 8 nitrogen and oxygen atoms in total. The zero-order chi connectivity index (χ0) is 25.1. The molecule has 190 valence electrons. The molecule has 2 aromatic carbocycles. The molecule has 0 bridgehead atoms. The number of methoxy groups -OCH3 is 2. The lowest BCUT2D eigenvalue weighted by Gasteiger charge is -2.13. The van der Waals surface area contributed by atoms with Crippen LogP contribution in [0.15, 0.2) is 59.0 Å². The first kappa shape index (κ1) is 26.6. The summed E-state index contributed by atoms with van der Waals surface area (Å²) < 4.78 is 43.8. The van der Waals surface area contributed by atoms with Gasteiger partial charge in [0.15, 0.2) is 18.1 Å². The summed E-state index contributed by atoms with van der Waals surface area (Å²) in [4.78, 5) is 12.1. The van der Waals surface area contributed by atoms with E-state index in [2.05, 4.69) is 16.1 Å². The van der Waals surface area contributed by atoms with Crippen molar-refractivity contribution in [1.82, 2.24) is 10.0 Å². The van der Waals surface area contributed by atoms with Crippen LogP contribution < -0.4 is 24.2 Å². The average Bonchev–Trinajstić information content (AvgIpc) is 2.88. The Labute approximate surface area is 207 Å². The summed E-state index contributed by atoms with van der Waals surface area (Å²) in [6, 6.07) is 11.5. The molecular weight excluding hydrogens is 468 g/mol. The van der Waals surface area contributed by atoms with Crippen LogP contribution in [0, 0.1) is 0 Å². The third-order valence-electron chi connectivity index (χ3n) is 5.81. The maximum atomic E-state index is 12.6. The van der Waals surface area contributed by atoms with Crippen molar-refractivity contribution in [1.29, 1.82) is 0 Å². The SMILES string of the molecule is COc1ccc(CCNS(=O)(=O)c2ccc(OCC(=O)NCCC3=CCCCC3)cc2)cc1OC. The number of hydrogen-bond acceptors (Lipinski definition) is 6. The molecule has 35 heavy (non-hydrogen) atoms. The predicted molar refractivity (Wildman–Crippen MR) is 135 cm³/mol. The van der Waals surface area contributed by atoms with Crippen LogP contribution in [-0.4, -0.2) is 48.2 Å². The van der Waals surface area contributed by atoms with Gasteiger partial charge in [-0.05, 0) is 80.5 Å². The zero-order valence-corrected chi connectivity index (χ0v) is 21.2. The summed E-state index contributed by atoms with van der Waals surface area (Å²) in [6.45, 7) is 0.710. The molecule has 3 rings (SSSR count). The smallest absolute Gasteiger partial charge is 0.257 e. The van der Waals surface area contributed by atoms with Crippen LogP contribution in [-0.2, 0) is 21.2 Å². The van der Waals surface area contributed by atoms with Gasteiger partial charge < -0.3 is 19.5 Å². The molecule has 2 N–H and O–H groups in total. The Bertz CT molecular complexity index is 1110. The van der Waals surface area contributed by atoms with Gasteiger partial charge in [0.1, 0.15) is 5.75 Å². The highest BCUT2D eigenvalue weighted by atomic mass is 32.2. The summed E-state index contributed by atoms with van der Waals surface area (Å²) in [5.41, 5.74) is 2.33. The van der Waals surface area contributed by atoms with E-state index in [0.29, 0.717) is 30.2 Å². The summed E-state index contributed by atoms with van der Waals surface area (Å²) in [6.07, 6.45) is 8.36. The Morgan fingerprint density at radius 1 is 0.943 bits per heavy atom. The number of hydrogen-bond donors (Lipinski definition) is 2. The van der Waals surface area contributed by atoms with Gasteiger partial charge in [0.2, 0.25) is 10.0 Å². The molecular formula is C26H34N2O6S. The van der Waals surface area contributed by atoms with Gasteiger partial charge >= 0.3 is 0 Å². The summed E-state index contributed by atoms with van der Waals surface area (Å²) in [5.74, 6) is 1.45. The monoisotopic (exact) mass is 502 g/mol. The molecule has 1 aliphatic rings. The highest BCUT2D eigenvalue weighted by Gasteiger charge is 2.14. The van der Waals surface area contributed by atoms with Crippen LogP contribution in [0.5, 0.6) is 17.2 Å². The van der Waals surface area contributed by atoms with Crippen molar-refractivity contribution in [3.63, 3.8) is 0 Å². The molecule has 0 heterocycles. The molecule has 0 fully saturated rings. The van der Waals surface area contributed by atoms with E-state index < -0.39 is 10.0 Å². The van der Waals surface area contributed by atoms with Gasteiger partial charge in [0.25, 0.3) is 5.91 Å². The van der Waals surface area contributed by atoms with Crippen molar-refractivity contribution < 1.29 is 27.4 Å². The fraction of sp³-hybridized carbons (Fsp3) is 0.423. The Hall–Kier alpha value is -3.04. The van der Waals surface area contributed by atoms with Crippen molar-refractivity contribution in [2.24, 2.45) is 0 Å². The normalized spacial score (nSPS) is 13.6. The van der Waals surface area contributed by atoms with E-state index >= 15 is 0 Å². The first-order valence-corrected chi connectivity index (χ1v) is 13.3. The van der Waals surface area contributed by atoms with E-state index in [1.165, 1.54) is 30.5 Å². The van der Waals surface area contributed by atoms with E-state index in [4.69, 9.17) is 14.2 Å². The predicted octanol–water partition coefficient (Wildman–Crippen LogP) is 3.61. The van der Waals surface area contributed by atoms with Crippen LogP contribution in [0.3, 0.4) is 0 Å². The average molecular weight is 503 g/mol. The summed E-state index contributed by atoms with van der Waals surface area (Å²) in [5, 5.41) is 2.86. The van der Waals surface area contributed by atoms with Crippen molar-refractivity contribution in [2.75, 3.05) is 33.9 Å². The molecule has 2 aromatic rings. The molecule has 1 amide bonds. The van der Waals surface area contributed by atoms with Crippen LogP contribution in [0.2, 0.25) is 0 Å². The van der Waals surface area contributed by atoms with Gasteiger partial charge in [-0.3, -0.25) is 4.79 Å². The van der Waals surface area contributed by atoms with Crippen molar-refractivity contribution >= 4 is 15.9 Å². The molecule has 0 radical (unpaired) electrons. The lowest BCUT2D eigenvalue weighted by molar-refractivity contribution is -0.123. The van der Waals surface area contributed by atoms with Crippen molar-refractivity contribution in [3.05, 3.63) is 59.7 Å². The fourth-order valence-electron chi connectivity index (χ4n) is 3.86. The van der Waals surface area contributed by atoms with Crippen molar-refractivity contribution in [2.45, 2.75) is 43.4 Å². The lowest BCUT2D eigenvalue weighted by Crippen LogP contribution is -2.30. The van der Waals surface area contributed by atoms with Crippen LogP contribution in [0.1, 0.15) is 37.7 Å². The van der Waals surface area contributed by atoms with Gasteiger partial charge in [-0.1, -0.05) is 17.7 Å². The third kappa shape index (κ3) is 8.29. The van der Waals surface area contributed by atoms with Gasteiger partial charge in [-0.25, -0.2) is 13.1 Å². The Kier molecular flexibility index (Phi) is 9.98. The van der Waals surface area contributed by atoms with Gasteiger partial charge in [0, 0.05) is 13.1 Å². The van der Waals surface area contributed by atoms with Gasteiger partial charge in [0.05, 0.1) is 19.1 Å². The second-order valence-electron chi connectivity index (χ2n) is 8.31. The molecule has 0 saturated heterocycles. The molecule has 0 aromatic heterocycles. The first-order chi connectivity index (χ1) is 16.9. The Morgan fingerprint density at radius 2 is 1.71 bits per heavy atom. The van der Waals surface area contributed by atoms with E-state index in [-0.39, 0.29) is 24.0 Å². The lowest BCUT2D eigenvalue weighted by atomic mass is 9.97. The minimum Gasteiger partial charge on any atom is -0.493 e. The van der Waals surface area contributed by atoms with Crippen LogP contribution >= 0.6 is 0 Å². The van der Waals surface area contributed by atoms with E-state index in [1.807, 2.05) is 12.1 Å². The highest BCUT2D eigenvalue weighted by Crippen LogP contribution is 2.27. The number of carbonyl (C=O) groups excluding carboxylic acids is 1. The van der Waals surface area contributed by atoms with Crippen LogP contribution in [0.25, 0.3) is 0 Å². The molecule has 1 aliphatic carbocycles. The second-order valence-corrected chi connectivity index (χ2v) is 10.1. The number of amides is 1. The molecule has 0 saturated carbocycles. The number of allylic oxidation sites excluding steroid dienone is 1. The third-order valence-corrected chi connectivity index (χ3v) is 7.29. The van der Waals surface area contributed by atoms with Crippen molar-refractivity contribution in [3.8, 4) is 17.2 Å². The quantitative estimate of drug-likeness (QED) is 0.406. The first-order valence-electron chi connectivity index (χ1n) is 11.8. The largest absolute Gasteiger partial charge is 0.493 e. The van der Waals surface area contributed by atoms with E-state index in [9.17, 15) is 13.2 Å². The van der Waals surface area contributed by atoms with Gasteiger partial charge in [-0.15, -0.1) is 0 Å². The second kappa shape index (κ2) is 13.2.